The highest BCUT2D eigenvalue weighted by molar-refractivity contribution is 6.05. The molecule has 0 atom stereocenters. The van der Waals surface area contributed by atoms with Gasteiger partial charge in [-0.05, 0) is 73.2 Å². The molecule has 9 nitrogen and oxygen atoms in total. The number of rotatable bonds is 6. The lowest BCUT2D eigenvalue weighted by atomic mass is 9.89. The van der Waals surface area contributed by atoms with Gasteiger partial charge in [-0.2, -0.15) is 0 Å². The monoisotopic (exact) mass is 527 g/mol. The lowest BCUT2D eigenvalue weighted by Crippen LogP contribution is -2.48. The number of piperidine rings is 1. The molecule has 2 saturated heterocycles. The fourth-order valence-electron chi connectivity index (χ4n) is 5.10. The molecule has 5 rings (SSSR count). The molecule has 2 fully saturated rings. The lowest BCUT2D eigenvalue weighted by molar-refractivity contribution is -0.120. The summed E-state index contributed by atoms with van der Waals surface area (Å²) >= 11 is 0. The first kappa shape index (κ1) is 26.2. The van der Waals surface area contributed by atoms with Crippen molar-refractivity contribution in [3.63, 3.8) is 0 Å². The van der Waals surface area contributed by atoms with E-state index in [1.54, 1.807) is 25.3 Å². The molecule has 2 N–H and O–H groups in total. The minimum absolute atomic E-state index is 0.0322. The van der Waals surface area contributed by atoms with E-state index in [2.05, 4.69) is 27.8 Å². The van der Waals surface area contributed by atoms with Gasteiger partial charge in [-0.3, -0.25) is 14.4 Å². The smallest absolute Gasteiger partial charge is 0.257 e. The summed E-state index contributed by atoms with van der Waals surface area (Å²) in [5, 5.41) is 5.72. The van der Waals surface area contributed by atoms with Crippen LogP contribution in [0.15, 0.2) is 60.8 Å². The Hall–Kier alpha value is -4.40. The van der Waals surface area contributed by atoms with Gasteiger partial charge in [0.15, 0.2) is 0 Å². The molecule has 3 heterocycles. The standard InChI is InChI=1S/C30H33N5O4/c1-20-3-4-23(30(38)34-14-11-22(12-15-34)21-5-8-25(39-2)9-6-21)17-26(20)33-29(37)24-7-10-27(32-18-24)35-16-13-31-28(36)19-35/h3-10,17-18,22H,11-16,19H2,1-2H3,(H,31,36)(H,33,37). The highest BCUT2D eigenvalue weighted by Crippen LogP contribution is 2.30. The third kappa shape index (κ3) is 6.03. The van der Waals surface area contributed by atoms with Crippen LogP contribution >= 0.6 is 0 Å². The number of hydrogen-bond donors (Lipinski definition) is 2. The first-order chi connectivity index (χ1) is 18.9. The molecule has 2 aliphatic heterocycles. The van der Waals surface area contributed by atoms with Gasteiger partial charge in [-0.25, -0.2) is 4.98 Å². The topological polar surface area (TPSA) is 104 Å². The molecule has 0 spiro atoms. The predicted octanol–water partition coefficient (Wildman–Crippen LogP) is 3.61. The van der Waals surface area contributed by atoms with E-state index in [0.29, 0.717) is 54.7 Å². The molecule has 0 saturated carbocycles. The van der Waals surface area contributed by atoms with Gasteiger partial charge in [0.1, 0.15) is 11.6 Å². The average molecular weight is 528 g/mol. The molecule has 1 aromatic heterocycles. The van der Waals surface area contributed by atoms with Crippen molar-refractivity contribution in [2.75, 3.05) is 50.1 Å². The molecule has 0 unspecified atom stereocenters. The van der Waals surface area contributed by atoms with Crippen LogP contribution in [0.4, 0.5) is 11.5 Å². The molecule has 39 heavy (non-hydrogen) atoms. The van der Waals surface area contributed by atoms with Crippen LogP contribution in [0.1, 0.15) is 50.6 Å². The molecule has 9 heteroatoms. The number of hydrogen-bond acceptors (Lipinski definition) is 6. The summed E-state index contributed by atoms with van der Waals surface area (Å²) in [6.45, 7) is 4.75. The quantitative estimate of drug-likeness (QED) is 0.508. The van der Waals surface area contributed by atoms with Crippen molar-refractivity contribution >= 4 is 29.2 Å². The highest BCUT2D eigenvalue weighted by Gasteiger charge is 2.25. The Morgan fingerprint density at radius 3 is 2.41 bits per heavy atom. The molecule has 202 valence electrons. The Kier molecular flexibility index (Phi) is 7.76. The second-order valence-corrected chi connectivity index (χ2v) is 10.0. The number of nitrogens with one attached hydrogen (secondary N) is 2. The number of carbonyl (C=O) groups excluding carboxylic acids is 3. The zero-order chi connectivity index (χ0) is 27.4. The maximum Gasteiger partial charge on any atom is 0.257 e. The summed E-state index contributed by atoms with van der Waals surface area (Å²) in [4.78, 5) is 46.1. The van der Waals surface area contributed by atoms with E-state index < -0.39 is 0 Å². The van der Waals surface area contributed by atoms with Gasteiger partial charge in [-0.1, -0.05) is 18.2 Å². The number of likely N-dealkylation sites (tertiary alicyclic amines) is 1. The number of nitrogens with zero attached hydrogens (tertiary/aromatic N) is 3. The molecule has 2 aliphatic rings. The van der Waals surface area contributed by atoms with E-state index in [-0.39, 0.29) is 24.3 Å². The third-order valence-electron chi connectivity index (χ3n) is 7.47. The van der Waals surface area contributed by atoms with Crippen molar-refractivity contribution in [1.82, 2.24) is 15.2 Å². The van der Waals surface area contributed by atoms with Crippen LogP contribution in [0.5, 0.6) is 5.75 Å². The van der Waals surface area contributed by atoms with E-state index in [9.17, 15) is 14.4 Å². The molecule has 3 amide bonds. The van der Waals surface area contributed by atoms with Gasteiger partial charge in [0.2, 0.25) is 5.91 Å². The largest absolute Gasteiger partial charge is 0.497 e. The van der Waals surface area contributed by atoms with Crippen molar-refractivity contribution in [3.05, 3.63) is 83.0 Å². The molecular formula is C30H33N5O4. The van der Waals surface area contributed by atoms with Crippen molar-refractivity contribution in [1.29, 1.82) is 0 Å². The minimum Gasteiger partial charge on any atom is -0.497 e. The summed E-state index contributed by atoms with van der Waals surface area (Å²) in [5.41, 5.74) is 3.68. The number of benzene rings is 2. The van der Waals surface area contributed by atoms with Gasteiger partial charge >= 0.3 is 0 Å². The molecular weight excluding hydrogens is 494 g/mol. The normalized spacial score (nSPS) is 16.0. The number of pyridine rings is 1. The van der Waals surface area contributed by atoms with Gasteiger partial charge in [-0.15, -0.1) is 0 Å². The summed E-state index contributed by atoms with van der Waals surface area (Å²) in [7, 11) is 1.66. The minimum atomic E-state index is -0.307. The Morgan fingerprint density at radius 1 is 1.00 bits per heavy atom. The van der Waals surface area contributed by atoms with Crippen molar-refractivity contribution in [2.45, 2.75) is 25.7 Å². The Bertz CT molecular complexity index is 1350. The van der Waals surface area contributed by atoms with E-state index in [1.807, 2.05) is 41.0 Å². The highest BCUT2D eigenvalue weighted by atomic mass is 16.5. The lowest BCUT2D eigenvalue weighted by Gasteiger charge is -2.32. The van der Waals surface area contributed by atoms with Crippen molar-refractivity contribution in [3.8, 4) is 5.75 Å². The number of aryl methyl sites for hydroxylation is 1. The number of anilines is 2. The Morgan fingerprint density at radius 2 is 1.74 bits per heavy atom. The Labute approximate surface area is 228 Å². The van der Waals surface area contributed by atoms with E-state index >= 15 is 0 Å². The number of carbonyl (C=O) groups is 3. The van der Waals surface area contributed by atoms with Gasteiger partial charge in [0.25, 0.3) is 11.8 Å². The van der Waals surface area contributed by atoms with Gasteiger partial charge < -0.3 is 25.2 Å². The first-order valence-electron chi connectivity index (χ1n) is 13.2. The third-order valence-corrected chi connectivity index (χ3v) is 7.47. The molecule has 2 aromatic carbocycles. The Balaban J connectivity index is 1.21. The van der Waals surface area contributed by atoms with Crippen LogP contribution in [-0.2, 0) is 4.79 Å². The fraction of sp³-hybridized carbons (Fsp3) is 0.333. The summed E-state index contributed by atoms with van der Waals surface area (Å²) in [5.74, 6) is 1.53. The average Bonchev–Trinajstić information content (AvgIpc) is 2.98. The van der Waals surface area contributed by atoms with Crippen LogP contribution in [0.25, 0.3) is 0 Å². The second-order valence-electron chi connectivity index (χ2n) is 10.0. The number of aromatic nitrogens is 1. The molecule has 0 radical (unpaired) electrons. The maximum atomic E-state index is 13.3. The van der Waals surface area contributed by atoms with E-state index in [0.717, 1.165) is 24.2 Å². The van der Waals surface area contributed by atoms with E-state index in [4.69, 9.17) is 4.74 Å². The van der Waals surface area contributed by atoms with Crippen LogP contribution in [0, 0.1) is 6.92 Å². The number of methoxy groups -OCH3 is 1. The summed E-state index contributed by atoms with van der Waals surface area (Å²) < 4.78 is 5.26. The molecule has 0 bridgehead atoms. The second kappa shape index (κ2) is 11.6. The van der Waals surface area contributed by atoms with Gasteiger partial charge in [0, 0.05) is 43.6 Å². The summed E-state index contributed by atoms with van der Waals surface area (Å²) in [6.07, 6.45) is 3.31. The van der Waals surface area contributed by atoms with Crippen molar-refractivity contribution in [2.24, 2.45) is 0 Å². The zero-order valence-corrected chi connectivity index (χ0v) is 22.3. The SMILES string of the molecule is COc1ccc(C2CCN(C(=O)c3ccc(C)c(NC(=O)c4ccc(N5CCNC(=O)C5)nc4)c3)CC2)cc1. The number of amides is 3. The van der Waals surface area contributed by atoms with E-state index in [1.165, 1.54) is 11.8 Å². The zero-order valence-electron chi connectivity index (χ0n) is 22.3. The van der Waals surface area contributed by atoms with Crippen LogP contribution in [0.3, 0.4) is 0 Å². The summed E-state index contributed by atoms with van der Waals surface area (Å²) in [6, 6.07) is 17.0. The molecule has 3 aromatic rings. The van der Waals surface area contributed by atoms with Crippen LogP contribution < -0.4 is 20.3 Å². The fourth-order valence-corrected chi connectivity index (χ4v) is 5.10. The molecule has 0 aliphatic carbocycles. The number of piperazine rings is 1. The van der Waals surface area contributed by atoms with Crippen molar-refractivity contribution < 1.29 is 19.1 Å². The maximum absolute atomic E-state index is 13.3. The van der Waals surface area contributed by atoms with Gasteiger partial charge in [0.05, 0.1) is 19.2 Å². The first-order valence-corrected chi connectivity index (χ1v) is 13.2. The predicted molar refractivity (Wildman–Crippen MR) is 149 cm³/mol. The van der Waals surface area contributed by atoms with Crippen LogP contribution in [-0.4, -0.2) is 67.4 Å². The number of ether oxygens (including phenoxy) is 1. The van der Waals surface area contributed by atoms with Crippen LogP contribution in [0.2, 0.25) is 0 Å².